The van der Waals surface area contributed by atoms with E-state index >= 15 is 0 Å². The third kappa shape index (κ3) is 11.9. The van der Waals surface area contributed by atoms with Crippen molar-refractivity contribution in [3.8, 4) is 11.1 Å². The lowest BCUT2D eigenvalue weighted by atomic mass is 9.99. The van der Waals surface area contributed by atoms with E-state index in [4.69, 9.17) is 11.6 Å². The summed E-state index contributed by atoms with van der Waals surface area (Å²) in [5, 5.41) is 10.6. The highest BCUT2D eigenvalue weighted by atomic mass is 35.5. The summed E-state index contributed by atoms with van der Waals surface area (Å²) in [6, 6.07) is 20.9. The lowest BCUT2D eigenvalue weighted by Crippen LogP contribution is -2.39. The van der Waals surface area contributed by atoms with Crippen LogP contribution in [0.2, 0.25) is 5.02 Å². The van der Waals surface area contributed by atoms with Crippen molar-refractivity contribution >= 4 is 47.1 Å². The van der Waals surface area contributed by atoms with Crippen LogP contribution in [0, 0.1) is 0 Å². The summed E-state index contributed by atoms with van der Waals surface area (Å²) in [7, 11) is 0. The molecule has 0 aliphatic rings. The third-order valence-electron chi connectivity index (χ3n) is 6.25. The molecule has 0 heterocycles. The molecule has 4 amide bonds. The molecule has 0 saturated heterocycles. The molecule has 0 aliphatic carbocycles. The minimum atomic E-state index is -5.37. The number of hydrogen-bond acceptors (Lipinski definition) is 6. The van der Waals surface area contributed by atoms with Gasteiger partial charge in [0.25, 0.3) is 0 Å². The van der Waals surface area contributed by atoms with Crippen LogP contribution in [0.5, 0.6) is 0 Å². The summed E-state index contributed by atoms with van der Waals surface area (Å²) >= 11 is 5.99. The van der Waals surface area contributed by atoms with Gasteiger partial charge in [0.1, 0.15) is 0 Å². The maximum atomic E-state index is 12.6. The zero-order valence-corrected chi connectivity index (χ0v) is 24.5. The van der Waals surface area contributed by atoms with Gasteiger partial charge in [-0.15, -0.1) is 0 Å². The Bertz CT molecular complexity index is 1490. The van der Waals surface area contributed by atoms with Crippen LogP contribution in [0.25, 0.3) is 11.1 Å². The number of ether oxygens (including phenoxy) is 1. The summed E-state index contributed by atoms with van der Waals surface area (Å²) in [4.78, 5) is 60.1. The monoisotopic (exact) mass is 646 g/mol. The maximum absolute atomic E-state index is 12.6. The van der Waals surface area contributed by atoms with Crippen molar-refractivity contribution < 1.29 is 41.9 Å². The highest BCUT2D eigenvalue weighted by molar-refractivity contribution is 6.33. The fraction of sp³-hybridized carbons (Fsp3) is 0.258. The van der Waals surface area contributed by atoms with Crippen molar-refractivity contribution in [1.82, 2.24) is 16.0 Å². The molecule has 0 fully saturated rings. The van der Waals surface area contributed by atoms with Gasteiger partial charge in [0.2, 0.25) is 11.8 Å². The molecular formula is C31H30ClF3N4O6. The standard InChI is InChI=1S/C31H30ClF3N4O6/c32-23-10-4-5-11-24(23)39-30(44)36-17-7-6-12-26(40)37-19-27(41)38-25(18-28(42)45-29(43)31(33,34)35)22-15-13-21(14-16-22)20-8-2-1-3-9-20/h1-5,8-11,13-16,25H,6-7,12,17-19H2,(H,37,40)(H,38,41)(H2,36,39,44). The molecule has 10 nitrogen and oxygen atoms in total. The van der Waals surface area contributed by atoms with Crippen molar-refractivity contribution in [1.29, 1.82) is 0 Å². The highest BCUT2D eigenvalue weighted by Gasteiger charge is 2.42. The Morgan fingerprint density at radius 2 is 1.42 bits per heavy atom. The molecule has 0 aromatic heterocycles. The van der Waals surface area contributed by atoms with E-state index in [9.17, 15) is 37.1 Å². The lowest BCUT2D eigenvalue weighted by molar-refractivity contribution is -0.202. The van der Waals surface area contributed by atoms with Crippen molar-refractivity contribution in [2.45, 2.75) is 37.9 Å². The number of benzene rings is 3. The van der Waals surface area contributed by atoms with Gasteiger partial charge in [-0.05, 0) is 41.7 Å². The predicted octanol–water partition coefficient (Wildman–Crippen LogP) is 5.29. The fourth-order valence-electron chi connectivity index (χ4n) is 4.01. The number of anilines is 1. The van der Waals surface area contributed by atoms with Gasteiger partial charge in [-0.2, -0.15) is 13.2 Å². The average molecular weight is 647 g/mol. The number of amides is 4. The van der Waals surface area contributed by atoms with Gasteiger partial charge in [0.15, 0.2) is 0 Å². The third-order valence-corrected chi connectivity index (χ3v) is 6.58. The maximum Gasteiger partial charge on any atom is 0.491 e. The van der Waals surface area contributed by atoms with Crippen molar-refractivity contribution in [2.75, 3.05) is 18.4 Å². The summed E-state index contributed by atoms with van der Waals surface area (Å²) in [5.41, 5.74) is 2.51. The molecule has 14 heteroatoms. The van der Waals surface area contributed by atoms with Crippen molar-refractivity contribution in [2.24, 2.45) is 0 Å². The molecule has 3 rings (SSSR count). The van der Waals surface area contributed by atoms with Crippen LogP contribution in [0.3, 0.4) is 0 Å². The zero-order valence-electron chi connectivity index (χ0n) is 23.8. The first-order valence-electron chi connectivity index (χ1n) is 13.7. The van der Waals surface area contributed by atoms with Gasteiger partial charge in [-0.3, -0.25) is 14.4 Å². The molecule has 45 heavy (non-hydrogen) atoms. The van der Waals surface area contributed by atoms with Gasteiger partial charge in [0.05, 0.1) is 29.7 Å². The first-order chi connectivity index (χ1) is 21.4. The number of halogens is 4. The smallest absolute Gasteiger partial charge is 0.386 e. The van der Waals surface area contributed by atoms with E-state index in [1.165, 1.54) is 0 Å². The summed E-state index contributed by atoms with van der Waals surface area (Å²) < 4.78 is 41.6. The van der Waals surface area contributed by atoms with E-state index in [1.807, 2.05) is 30.3 Å². The molecular weight excluding hydrogens is 617 g/mol. The van der Waals surface area contributed by atoms with E-state index in [1.54, 1.807) is 48.5 Å². The van der Waals surface area contributed by atoms with E-state index in [0.29, 0.717) is 29.1 Å². The normalized spacial score (nSPS) is 11.6. The lowest BCUT2D eigenvalue weighted by Gasteiger charge is -2.19. The van der Waals surface area contributed by atoms with Gasteiger partial charge < -0.3 is 26.0 Å². The second-order valence-corrected chi connectivity index (χ2v) is 10.1. The van der Waals surface area contributed by atoms with Crippen LogP contribution in [0.4, 0.5) is 23.7 Å². The highest BCUT2D eigenvalue weighted by Crippen LogP contribution is 2.25. The Kier molecular flexibility index (Phi) is 12.9. The molecule has 0 spiro atoms. The van der Waals surface area contributed by atoms with Crippen molar-refractivity contribution in [3.63, 3.8) is 0 Å². The first kappa shape index (κ1) is 34.6. The average Bonchev–Trinajstić information content (AvgIpc) is 3.00. The Morgan fingerprint density at radius 3 is 2.09 bits per heavy atom. The van der Waals surface area contributed by atoms with Gasteiger partial charge in [-0.25, -0.2) is 9.59 Å². The number of urea groups is 1. The summed E-state index contributed by atoms with van der Waals surface area (Å²) in [6.45, 7) is -0.200. The number of esters is 2. The molecule has 0 radical (unpaired) electrons. The molecule has 4 N–H and O–H groups in total. The Hall–Kier alpha value is -4.91. The van der Waals surface area contributed by atoms with Crippen LogP contribution < -0.4 is 21.3 Å². The van der Waals surface area contributed by atoms with Crippen LogP contribution in [0.1, 0.15) is 37.3 Å². The van der Waals surface area contributed by atoms with Gasteiger partial charge >= 0.3 is 24.1 Å². The van der Waals surface area contributed by atoms with E-state index in [0.717, 1.165) is 11.1 Å². The van der Waals surface area contributed by atoms with Gasteiger partial charge in [-0.1, -0.05) is 78.3 Å². The molecule has 1 unspecified atom stereocenters. The second-order valence-electron chi connectivity index (χ2n) is 9.67. The van der Waals surface area contributed by atoms with Crippen LogP contribution >= 0.6 is 11.6 Å². The van der Waals surface area contributed by atoms with E-state index < -0.39 is 55.0 Å². The minimum absolute atomic E-state index is 0.0529. The molecule has 1 atom stereocenters. The molecule has 0 bridgehead atoms. The van der Waals surface area contributed by atoms with E-state index in [2.05, 4.69) is 26.0 Å². The molecule has 0 aliphatic heterocycles. The fourth-order valence-corrected chi connectivity index (χ4v) is 4.20. The first-order valence-corrected chi connectivity index (χ1v) is 14.1. The molecule has 238 valence electrons. The van der Waals surface area contributed by atoms with Crippen LogP contribution in [-0.2, 0) is 23.9 Å². The number of carbonyl (C=O) groups excluding carboxylic acids is 5. The number of alkyl halides is 3. The molecule has 0 saturated carbocycles. The minimum Gasteiger partial charge on any atom is -0.386 e. The second kappa shape index (κ2) is 16.8. The van der Waals surface area contributed by atoms with Crippen LogP contribution in [0.15, 0.2) is 78.9 Å². The predicted molar refractivity (Wildman–Crippen MR) is 160 cm³/mol. The Labute approximate surface area is 261 Å². The van der Waals surface area contributed by atoms with E-state index in [-0.39, 0.29) is 13.0 Å². The number of rotatable bonds is 13. The number of nitrogens with one attached hydrogen (secondary N) is 4. The molecule has 3 aromatic rings. The van der Waals surface area contributed by atoms with Gasteiger partial charge in [0, 0.05) is 13.0 Å². The summed E-state index contributed by atoms with van der Waals surface area (Å²) in [5.74, 6) is -5.34. The Balaban J connectivity index is 1.48. The van der Waals surface area contributed by atoms with Crippen molar-refractivity contribution in [3.05, 3.63) is 89.4 Å². The number of carbonyl (C=O) groups is 5. The quantitative estimate of drug-likeness (QED) is 0.113. The molecule has 3 aromatic carbocycles. The topological polar surface area (TPSA) is 143 Å². The zero-order chi connectivity index (χ0) is 32.8. The number of para-hydroxylation sites is 1. The Morgan fingerprint density at radius 1 is 0.778 bits per heavy atom. The number of hydrogen-bond donors (Lipinski definition) is 4. The SMILES string of the molecule is O=C(CCCCNC(=O)Nc1ccccc1Cl)NCC(=O)NC(CC(=O)OC(=O)C(F)(F)F)c1ccc(-c2ccccc2)cc1. The van der Waals surface area contributed by atoms with Crippen LogP contribution in [-0.4, -0.2) is 49.0 Å². The summed E-state index contributed by atoms with van der Waals surface area (Å²) in [6.07, 6.45) is -5.22. The largest absolute Gasteiger partial charge is 0.491 e. The number of unbranched alkanes of at least 4 members (excludes halogenated alkanes) is 1.